The van der Waals surface area contributed by atoms with Crippen molar-refractivity contribution in [3.63, 3.8) is 0 Å². The maximum Gasteiger partial charge on any atom is 0.158 e. The van der Waals surface area contributed by atoms with Gasteiger partial charge in [0, 0.05) is 23.8 Å². The lowest BCUT2D eigenvalue weighted by atomic mass is 9.81. The molecule has 0 bridgehead atoms. The van der Waals surface area contributed by atoms with Gasteiger partial charge in [-0.1, -0.05) is 17.7 Å². The lowest BCUT2D eigenvalue weighted by molar-refractivity contribution is 0.490. The first-order valence-electron chi connectivity index (χ1n) is 7.08. The summed E-state index contributed by atoms with van der Waals surface area (Å²) in [5.41, 5.74) is 4.55. The molecule has 0 fully saturated rings. The molecular formula is C17H14ClN5. The second-order valence-electron chi connectivity index (χ2n) is 5.53. The molecule has 5 nitrogen and oxygen atoms in total. The number of allylic oxidation sites excluding steroid dienone is 4. The Bertz CT molecular complexity index is 913. The Morgan fingerprint density at radius 3 is 2.35 bits per heavy atom. The minimum Gasteiger partial charge on any atom is -0.350 e. The zero-order valence-corrected chi connectivity index (χ0v) is 13.7. The summed E-state index contributed by atoms with van der Waals surface area (Å²) in [6, 6.07) is 10.2. The second kappa shape index (κ2) is 5.46. The largest absolute Gasteiger partial charge is 0.350 e. The van der Waals surface area contributed by atoms with Gasteiger partial charge in [-0.3, -0.25) is 5.10 Å². The molecule has 3 rings (SSSR count). The SMILES string of the molecule is CC1=C(C#N)C(c2ccc3[nH]nc(Cl)c3c2)C(C#N)=C(C)N1C. The molecule has 114 valence electrons. The van der Waals surface area contributed by atoms with E-state index < -0.39 is 0 Å². The molecule has 1 aromatic carbocycles. The van der Waals surface area contributed by atoms with Crippen LogP contribution in [-0.2, 0) is 0 Å². The van der Waals surface area contributed by atoms with Crippen molar-refractivity contribution >= 4 is 22.5 Å². The van der Waals surface area contributed by atoms with Gasteiger partial charge in [0.1, 0.15) is 0 Å². The van der Waals surface area contributed by atoms with Gasteiger partial charge < -0.3 is 4.90 Å². The van der Waals surface area contributed by atoms with E-state index in [4.69, 9.17) is 11.6 Å². The molecule has 0 radical (unpaired) electrons. The number of H-pyrrole nitrogens is 1. The van der Waals surface area contributed by atoms with E-state index in [9.17, 15) is 10.5 Å². The standard InChI is InChI=1S/C17H14ClN5/c1-9-13(7-19)16(14(8-20)10(2)23(9)3)11-4-5-15-12(6-11)17(18)22-21-15/h4-6,16H,1-3H3,(H,21,22). The van der Waals surface area contributed by atoms with Crippen LogP contribution in [0.4, 0.5) is 0 Å². The van der Waals surface area contributed by atoms with E-state index in [-0.39, 0.29) is 5.92 Å². The summed E-state index contributed by atoms with van der Waals surface area (Å²) in [4.78, 5) is 1.89. The van der Waals surface area contributed by atoms with Crippen molar-refractivity contribution in [2.24, 2.45) is 0 Å². The molecule has 0 spiro atoms. The molecule has 1 N–H and O–H groups in total. The maximum absolute atomic E-state index is 9.63. The van der Waals surface area contributed by atoms with Crippen molar-refractivity contribution in [2.75, 3.05) is 7.05 Å². The van der Waals surface area contributed by atoms with Crippen LogP contribution in [0.1, 0.15) is 25.3 Å². The fraction of sp³-hybridized carbons (Fsp3) is 0.235. The molecule has 2 aromatic rings. The third kappa shape index (κ3) is 2.18. The van der Waals surface area contributed by atoms with E-state index in [1.54, 1.807) is 0 Å². The molecule has 1 aliphatic heterocycles. The number of hydrogen-bond donors (Lipinski definition) is 1. The Morgan fingerprint density at radius 1 is 1.17 bits per heavy atom. The Balaban J connectivity index is 2.27. The van der Waals surface area contributed by atoms with Crippen molar-refractivity contribution < 1.29 is 0 Å². The zero-order chi connectivity index (χ0) is 16.7. The number of nitrogens with zero attached hydrogens (tertiary/aromatic N) is 4. The highest BCUT2D eigenvalue weighted by Gasteiger charge is 2.32. The quantitative estimate of drug-likeness (QED) is 0.864. The third-order valence-corrected chi connectivity index (χ3v) is 4.77. The number of halogens is 1. The van der Waals surface area contributed by atoms with Crippen LogP contribution in [0.5, 0.6) is 0 Å². The van der Waals surface area contributed by atoms with Crippen LogP contribution in [0.25, 0.3) is 10.9 Å². The number of aromatic amines is 1. The molecule has 1 aromatic heterocycles. The normalized spacial score (nSPS) is 16.0. The molecule has 2 heterocycles. The number of rotatable bonds is 1. The lowest BCUT2D eigenvalue weighted by Gasteiger charge is -2.32. The Labute approximate surface area is 139 Å². The number of nitriles is 2. The van der Waals surface area contributed by atoms with Gasteiger partial charge in [0.05, 0.1) is 34.7 Å². The van der Waals surface area contributed by atoms with Crippen LogP contribution in [-0.4, -0.2) is 22.1 Å². The monoisotopic (exact) mass is 323 g/mol. The van der Waals surface area contributed by atoms with Crippen molar-refractivity contribution in [3.05, 3.63) is 51.5 Å². The summed E-state index contributed by atoms with van der Waals surface area (Å²) in [5, 5.41) is 27.3. The molecule has 0 unspecified atom stereocenters. The summed E-state index contributed by atoms with van der Waals surface area (Å²) in [7, 11) is 1.87. The zero-order valence-electron chi connectivity index (χ0n) is 13.0. The summed E-state index contributed by atoms with van der Waals surface area (Å²) < 4.78 is 0. The van der Waals surface area contributed by atoms with E-state index in [2.05, 4.69) is 22.3 Å². The van der Waals surface area contributed by atoms with E-state index in [0.29, 0.717) is 16.3 Å². The van der Waals surface area contributed by atoms with E-state index in [1.807, 2.05) is 44.0 Å². The van der Waals surface area contributed by atoms with Gasteiger partial charge in [-0.25, -0.2) is 0 Å². The molecule has 0 amide bonds. The van der Waals surface area contributed by atoms with Crippen molar-refractivity contribution in [1.82, 2.24) is 15.1 Å². The Hall–Kier alpha value is -2.76. The van der Waals surface area contributed by atoms with Crippen LogP contribution in [0.15, 0.2) is 40.7 Å². The predicted octanol–water partition coefficient (Wildman–Crippen LogP) is 3.84. The van der Waals surface area contributed by atoms with Gasteiger partial charge in [-0.2, -0.15) is 15.6 Å². The molecule has 0 saturated heterocycles. The van der Waals surface area contributed by atoms with Crippen LogP contribution in [0.3, 0.4) is 0 Å². The van der Waals surface area contributed by atoms with Crippen molar-refractivity contribution in [3.8, 4) is 12.1 Å². The van der Waals surface area contributed by atoms with Gasteiger partial charge in [0.2, 0.25) is 0 Å². The Kier molecular flexibility index (Phi) is 3.60. The average Bonchev–Trinajstić information content (AvgIpc) is 2.93. The second-order valence-corrected chi connectivity index (χ2v) is 5.89. The molecule has 0 saturated carbocycles. The highest BCUT2D eigenvalue weighted by molar-refractivity contribution is 6.34. The molecule has 1 aliphatic rings. The first-order valence-corrected chi connectivity index (χ1v) is 7.46. The summed E-state index contributed by atoms with van der Waals surface area (Å²) >= 11 is 6.10. The minimum atomic E-state index is -0.378. The number of hydrogen-bond acceptors (Lipinski definition) is 4. The highest BCUT2D eigenvalue weighted by Crippen LogP contribution is 2.41. The Morgan fingerprint density at radius 2 is 1.78 bits per heavy atom. The number of fused-ring (bicyclic) bond motifs is 1. The third-order valence-electron chi connectivity index (χ3n) is 4.48. The fourth-order valence-electron chi connectivity index (χ4n) is 2.98. The van der Waals surface area contributed by atoms with E-state index in [1.165, 1.54) is 0 Å². The smallest absolute Gasteiger partial charge is 0.158 e. The van der Waals surface area contributed by atoms with Crippen molar-refractivity contribution in [1.29, 1.82) is 10.5 Å². The number of aromatic nitrogens is 2. The van der Waals surface area contributed by atoms with Crippen LogP contribution >= 0.6 is 11.6 Å². The fourth-order valence-corrected chi connectivity index (χ4v) is 3.18. The highest BCUT2D eigenvalue weighted by atomic mass is 35.5. The van der Waals surface area contributed by atoms with Crippen LogP contribution in [0, 0.1) is 22.7 Å². The van der Waals surface area contributed by atoms with Gasteiger partial charge in [-0.15, -0.1) is 0 Å². The molecule has 6 heteroatoms. The maximum atomic E-state index is 9.63. The van der Waals surface area contributed by atoms with E-state index >= 15 is 0 Å². The van der Waals surface area contributed by atoms with Gasteiger partial charge in [-0.05, 0) is 31.5 Å². The van der Waals surface area contributed by atoms with Gasteiger partial charge in [0.25, 0.3) is 0 Å². The number of nitrogens with one attached hydrogen (secondary N) is 1. The number of benzene rings is 1. The molecule has 0 aliphatic carbocycles. The van der Waals surface area contributed by atoms with Gasteiger partial charge in [0.15, 0.2) is 5.15 Å². The van der Waals surface area contributed by atoms with Crippen molar-refractivity contribution in [2.45, 2.75) is 19.8 Å². The topological polar surface area (TPSA) is 79.5 Å². The average molecular weight is 324 g/mol. The minimum absolute atomic E-state index is 0.378. The lowest BCUT2D eigenvalue weighted by Crippen LogP contribution is -2.25. The summed E-state index contributed by atoms with van der Waals surface area (Å²) in [5.74, 6) is -0.378. The van der Waals surface area contributed by atoms with E-state index in [0.717, 1.165) is 27.9 Å². The molecule has 0 atom stereocenters. The van der Waals surface area contributed by atoms with Crippen LogP contribution < -0.4 is 0 Å². The molecule has 23 heavy (non-hydrogen) atoms. The summed E-state index contributed by atoms with van der Waals surface area (Å²) in [6.07, 6.45) is 0. The summed E-state index contributed by atoms with van der Waals surface area (Å²) in [6.45, 7) is 3.79. The first kappa shape index (κ1) is 15.1. The van der Waals surface area contributed by atoms with Gasteiger partial charge >= 0.3 is 0 Å². The molecular weight excluding hydrogens is 310 g/mol. The first-order chi connectivity index (χ1) is 11.0. The van der Waals surface area contributed by atoms with Crippen LogP contribution in [0.2, 0.25) is 5.15 Å². The predicted molar refractivity (Wildman–Crippen MR) is 88.2 cm³/mol.